The maximum atomic E-state index is 12.6. The van der Waals surface area contributed by atoms with Crippen molar-refractivity contribution in [2.45, 2.75) is 64.1 Å². The first kappa shape index (κ1) is 16.6. The summed E-state index contributed by atoms with van der Waals surface area (Å²) < 4.78 is 5.61. The zero-order valence-corrected chi connectivity index (χ0v) is 14.6. The molecule has 0 N–H and O–H groups in total. The van der Waals surface area contributed by atoms with Crippen LogP contribution >= 0.6 is 0 Å². The minimum Gasteiger partial charge on any atom is -0.444 e. The summed E-state index contributed by atoms with van der Waals surface area (Å²) in [5, 5.41) is 9.11. The second-order valence-corrected chi connectivity index (χ2v) is 7.63. The Morgan fingerprint density at radius 3 is 2.79 bits per heavy atom. The molecule has 1 amide bonds. The summed E-state index contributed by atoms with van der Waals surface area (Å²) >= 11 is 0. The van der Waals surface area contributed by atoms with E-state index in [-0.39, 0.29) is 18.2 Å². The minimum atomic E-state index is -0.476. The van der Waals surface area contributed by atoms with Crippen LogP contribution in [0.4, 0.5) is 4.79 Å². The molecule has 2 aliphatic heterocycles. The van der Waals surface area contributed by atoms with Gasteiger partial charge >= 0.3 is 6.09 Å². The molecule has 0 saturated carbocycles. The molecular weight excluding hydrogens is 300 g/mol. The Morgan fingerprint density at radius 2 is 2.12 bits per heavy atom. The van der Waals surface area contributed by atoms with Crippen molar-refractivity contribution in [1.82, 2.24) is 4.90 Å². The minimum absolute atomic E-state index is 0.0908. The van der Waals surface area contributed by atoms with Gasteiger partial charge in [-0.05, 0) is 69.7 Å². The number of nitriles is 1. The van der Waals surface area contributed by atoms with Gasteiger partial charge in [0.2, 0.25) is 0 Å². The monoisotopic (exact) mass is 324 g/mol. The van der Waals surface area contributed by atoms with Crippen LogP contribution in [0.5, 0.6) is 0 Å². The summed E-state index contributed by atoms with van der Waals surface area (Å²) in [6, 6.07) is 10.2. The average Bonchev–Trinajstić information content (AvgIpc) is 2.52. The molecule has 24 heavy (non-hydrogen) atoms. The fourth-order valence-corrected chi connectivity index (χ4v) is 3.63. The first-order valence-corrected chi connectivity index (χ1v) is 8.60. The zero-order valence-electron chi connectivity index (χ0n) is 14.6. The molecule has 1 aromatic carbocycles. The number of hydrogen-bond donors (Lipinski definition) is 0. The first-order chi connectivity index (χ1) is 11.4. The number of ether oxygens (including phenoxy) is 1. The normalized spacial score (nSPS) is 23.2. The first-order valence-electron chi connectivity index (χ1n) is 8.60. The fourth-order valence-electron chi connectivity index (χ4n) is 3.63. The van der Waals surface area contributed by atoms with Crippen LogP contribution in [-0.4, -0.2) is 28.7 Å². The predicted octanol–water partition coefficient (Wildman–Crippen LogP) is 4.50. The van der Waals surface area contributed by atoms with Crippen molar-refractivity contribution in [1.29, 1.82) is 5.26 Å². The van der Waals surface area contributed by atoms with E-state index in [0.717, 1.165) is 31.2 Å². The van der Waals surface area contributed by atoms with Crippen LogP contribution in [-0.2, 0) is 4.74 Å². The number of piperidine rings is 1. The van der Waals surface area contributed by atoms with Crippen molar-refractivity contribution in [3.8, 4) is 6.07 Å². The van der Waals surface area contributed by atoms with E-state index in [2.05, 4.69) is 12.1 Å². The summed E-state index contributed by atoms with van der Waals surface area (Å²) in [5.74, 6) is 0. The zero-order chi connectivity index (χ0) is 17.3. The molecule has 2 bridgehead atoms. The Bertz CT molecular complexity index is 709. The highest BCUT2D eigenvalue weighted by molar-refractivity contribution is 5.75. The summed E-state index contributed by atoms with van der Waals surface area (Å²) in [6.45, 7) is 5.71. The second-order valence-electron chi connectivity index (χ2n) is 7.63. The van der Waals surface area contributed by atoms with Crippen LogP contribution in [0.25, 0.3) is 5.57 Å². The van der Waals surface area contributed by atoms with Gasteiger partial charge in [-0.1, -0.05) is 18.2 Å². The summed E-state index contributed by atoms with van der Waals surface area (Å²) in [7, 11) is 0. The number of amides is 1. The lowest BCUT2D eigenvalue weighted by molar-refractivity contribution is 0.0000855. The summed E-state index contributed by atoms with van der Waals surface area (Å²) in [5.41, 5.74) is 2.53. The van der Waals surface area contributed by atoms with Gasteiger partial charge in [0, 0.05) is 6.04 Å². The van der Waals surface area contributed by atoms with Crippen LogP contribution in [0.2, 0.25) is 0 Å². The predicted molar refractivity (Wildman–Crippen MR) is 93.3 cm³/mol. The molecule has 1 aromatic rings. The van der Waals surface area contributed by atoms with Crippen LogP contribution in [0, 0.1) is 11.3 Å². The van der Waals surface area contributed by atoms with Gasteiger partial charge in [0.25, 0.3) is 0 Å². The van der Waals surface area contributed by atoms with Crippen molar-refractivity contribution in [2.75, 3.05) is 0 Å². The molecule has 0 radical (unpaired) electrons. The standard InChI is InChI=1S/C20H24N2O2/c1-20(2,3)24-19(23)22-17-8-5-9-18(22)12-16(11-17)15-7-4-6-14(10-15)13-21/h4,6-7,10-11,17-18H,5,8-9,12H2,1-3H3. The average molecular weight is 324 g/mol. The molecule has 2 aliphatic rings. The van der Waals surface area contributed by atoms with E-state index in [0.29, 0.717) is 5.56 Å². The highest BCUT2D eigenvalue weighted by Gasteiger charge is 2.39. The van der Waals surface area contributed by atoms with Crippen LogP contribution in [0.3, 0.4) is 0 Å². The Kier molecular flexibility index (Phi) is 4.36. The molecule has 3 rings (SSSR count). The van der Waals surface area contributed by atoms with E-state index in [9.17, 15) is 4.79 Å². The lowest BCUT2D eigenvalue weighted by Gasteiger charge is -2.45. The van der Waals surface area contributed by atoms with E-state index in [1.54, 1.807) is 0 Å². The quantitative estimate of drug-likeness (QED) is 0.764. The van der Waals surface area contributed by atoms with E-state index in [1.807, 2.05) is 49.9 Å². The molecule has 0 aliphatic carbocycles. The van der Waals surface area contributed by atoms with Gasteiger partial charge in [-0.3, -0.25) is 4.90 Å². The largest absolute Gasteiger partial charge is 0.444 e. The topological polar surface area (TPSA) is 53.3 Å². The molecule has 4 heteroatoms. The van der Waals surface area contributed by atoms with Crippen LogP contribution in [0.1, 0.15) is 57.6 Å². The van der Waals surface area contributed by atoms with E-state index >= 15 is 0 Å². The third-order valence-electron chi connectivity index (χ3n) is 4.60. The van der Waals surface area contributed by atoms with Crippen molar-refractivity contribution >= 4 is 11.7 Å². The molecule has 2 unspecified atom stereocenters. The van der Waals surface area contributed by atoms with Gasteiger partial charge in [-0.25, -0.2) is 4.79 Å². The highest BCUT2D eigenvalue weighted by atomic mass is 16.6. The summed E-state index contributed by atoms with van der Waals surface area (Å²) in [6.07, 6.45) is 5.91. The number of carbonyl (C=O) groups excluding carboxylic acids is 1. The third kappa shape index (κ3) is 3.46. The van der Waals surface area contributed by atoms with Crippen molar-refractivity contribution in [2.24, 2.45) is 0 Å². The van der Waals surface area contributed by atoms with E-state index in [1.165, 1.54) is 5.57 Å². The maximum absolute atomic E-state index is 12.6. The Morgan fingerprint density at radius 1 is 1.33 bits per heavy atom. The molecular formula is C20H24N2O2. The SMILES string of the molecule is CC(C)(C)OC(=O)N1C2C=C(c3cccc(C#N)c3)CC1CCC2. The van der Waals surface area contributed by atoms with Gasteiger partial charge in [0.1, 0.15) is 5.60 Å². The van der Waals surface area contributed by atoms with Gasteiger partial charge in [0.15, 0.2) is 0 Å². The fraction of sp³-hybridized carbons (Fsp3) is 0.500. The number of hydrogen-bond acceptors (Lipinski definition) is 3. The number of benzene rings is 1. The van der Waals surface area contributed by atoms with Gasteiger partial charge in [-0.2, -0.15) is 5.26 Å². The lowest BCUT2D eigenvalue weighted by atomic mass is 9.83. The molecule has 1 fully saturated rings. The molecule has 126 valence electrons. The smallest absolute Gasteiger partial charge is 0.411 e. The van der Waals surface area contributed by atoms with Crippen LogP contribution < -0.4 is 0 Å². The Labute approximate surface area is 143 Å². The Hall–Kier alpha value is -2.28. The van der Waals surface area contributed by atoms with Crippen LogP contribution in [0.15, 0.2) is 30.3 Å². The number of carbonyl (C=O) groups is 1. The van der Waals surface area contributed by atoms with Crippen molar-refractivity contribution in [3.05, 3.63) is 41.5 Å². The molecule has 2 heterocycles. The highest BCUT2D eigenvalue weighted by Crippen LogP contribution is 2.38. The molecule has 2 atom stereocenters. The number of nitrogens with zero attached hydrogens (tertiary/aromatic N) is 2. The Balaban J connectivity index is 1.87. The second kappa shape index (κ2) is 6.32. The summed E-state index contributed by atoms with van der Waals surface area (Å²) in [4.78, 5) is 14.5. The molecule has 1 saturated heterocycles. The van der Waals surface area contributed by atoms with Gasteiger partial charge in [-0.15, -0.1) is 0 Å². The third-order valence-corrected chi connectivity index (χ3v) is 4.60. The van der Waals surface area contributed by atoms with E-state index in [4.69, 9.17) is 10.00 Å². The maximum Gasteiger partial charge on any atom is 0.411 e. The molecule has 0 aromatic heterocycles. The van der Waals surface area contributed by atoms with Gasteiger partial charge < -0.3 is 4.74 Å². The lowest BCUT2D eigenvalue weighted by Crippen LogP contribution is -2.53. The van der Waals surface area contributed by atoms with E-state index < -0.39 is 5.60 Å². The molecule has 0 spiro atoms. The van der Waals surface area contributed by atoms with Crippen molar-refractivity contribution < 1.29 is 9.53 Å². The molecule has 4 nitrogen and oxygen atoms in total. The number of rotatable bonds is 1. The number of fused-ring (bicyclic) bond motifs is 2. The van der Waals surface area contributed by atoms with Crippen molar-refractivity contribution in [3.63, 3.8) is 0 Å². The van der Waals surface area contributed by atoms with Gasteiger partial charge in [0.05, 0.1) is 17.7 Å².